The van der Waals surface area contributed by atoms with Crippen LogP contribution in [0.5, 0.6) is 0 Å². The molecule has 0 radical (unpaired) electrons. The van der Waals surface area contributed by atoms with Gasteiger partial charge in [0, 0.05) is 18.4 Å². The third-order valence-corrected chi connectivity index (χ3v) is 4.85. The predicted octanol–water partition coefficient (Wildman–Crippen LogP) is 1.58. The van der Waals surface area contributed by atoms with Crippen molar-refractivity contribution in [2.75, 3.05) is 0 Å². The molecule has 1 unspecified atom stereocenters. The largest absolute Gasteiger partial charge is 0.480 e. The number of carboxylic acid groups (broad SMARTS) is 1. The van der Waals surface area contributed by atoms with Crippen molar-refractivity contribution in [3.63, 3.8) is 0 Å². The first-order chi connectivity index (χ1) is 10.4. The summed E-state index contributed by atoms with van der Waals surface area (Å²) >= 11 is 0. The van der Waals surface area contributed by atoms with Crippen LogP contribution in [-0.4, -0.2) is 34.5 Å². The minimum Gasteiger partial charge on any atom is -0.480 e. The van der Waals surface area contributed by atoms with Crippen LogP contribution >= 0.6 is 0 Å². The smallest absolute Gasteiger partial charge is 0.329 e. The lowest BCUT2D eigenvalue weighted by Gasteiger charge is -2.26. The molecule has 0 aromatic heterocycles. The molecule has 0 aromatic carbocycles. The molecular weight excluding hydrogens is 284 g/mol. The van der Waals surface area contributed by atoms with Crippen LogP contribution in [0.2, 0.25) is 0 Å². The first-order valence-corrected chi connectivity index (χ1v) is 8.28. The topological polar surface area (TPSA) is 95.5 Å². The molecule has 2 amide bonds. The fourth-order valence-corrected chi connectivity index (χ4v) is 3.57. The van der Waals surface area contributed by atoms with E-state index in [1.165, 1.54) is 0 Å². The number of hydrogen-bond donors (Lipinski definition) is 3. The van der Waals surface area contributed by atoms with Gasteiger partial charge in [0.1, 0.15) is 5.54 Å². The summed E-state index contributed by atoms with van der Waals surface area (Å²) in [5.74, 6) is -1.16. The van der Waals surface area contributed by atoms with E-state index >= 15 is 0 Å². The van der Waals surface area contributed by atoms with Crippen LogP contribution in [-0.2, 0) is 14.4 Å². The van der Waals surface area contributed by atoms with Crippen LogP contribution in [0.3, 0.4) is 0 Å². The Morgan fingerprint density at radius 2 is 1.73 bits per heavy atom. The Labute approximate surface area is 131 Å². The van der Waals surface area contributed by atoms with E-state index in [1.54, 1.807) is 6.92 Å². The van der Waals surface area contributed by atoms with Crippen LogP contribution in [0.15, 0.2) is 0 Å². The monoisotopic (exact) mass is 310 g/mol. The quantitative estimate of drug-likeness (QED) is 0.694. The fraction of sp³-hybridized carbons (Fsp3) is 0.812. The summed E-state index contributed by atoms with van der Waals surface area (Å²) < 4.78 is 0. The van der Waals surface area contributed by atoms with Crippen LogP contribution in [0.4, 0.5) is 0 Å². The second-order valence-electron chi connectivity index (χ2n) is 6.74. The minimum atomic E-state index is -1.10. The highest BCUT2D eigenvalue weighted by Crippen LogP contribution is 2.30. The average molecular weight is 310 g/mol. The summed E-state index contributed by atoms with van der Waals surface area (Å²) in [6.45, 7) is 1.79. The molecule has 2 saturated carbocycles. The highest BCUT2D eigenvalue weighted by molar-refractivity contribution is 5.88. The van der Waals surface area contributed by atoms with Crippen molar-refractivity contribution in [2.45, 2.75) is 76.3 Å². The SMILES string of the molecule is CC(CC(=O)NC1(C(=O)O)CCCC1)NC(=O)C1CCCC1. The molecule has 0 bridgehead atoms. The van der Waals surface area contributed by atoms with Crippen molar-refractivity contribution in [1.82, 2.24) is 10.6 Å². The molecule has 124 valence electrons. The van der Waals surface area contributed by atoms with Crippen LogP contribution in [0, 0.1) is 5.92 Å². The van der Waals surface area contributed by atoms with E-state index in [1.807, 2.05) is 0 Å². The Morgan fingerprint density at radius 3 is 2.27 bits per heavy atom. The Morgan fingerprint density at radius 1 is 1.14 bits per heavy atom. The number of carbonyl (C=O) groups is 3. The molecule has 0 spiro atoms. The predicted molar refractivity (Wildman–Crippen MR) is 81.2 cm³/mol. The van der Waals surface area contributed by atoms with Crippen molar-refractivity contribution >= 4 is 17.8 Å². The number of amides is 2. The molecule has 6 heteroatoms. The average Bonchev–Trinajstić information content (AvgIpc) is 3.09. The van der Waals surface area contributed by atoms with Gasteiger partial charge in [-0.05, 0) is 32.6 Å². The summed E-state index contributed by atoms with van der Waals surface area (Å²) in [6, 6.07) is -0.277. The molecule has 6 nitrogen and oxygen atoms in total. The molecule has 0 saturated heterocycles. The van der Waals surface area contributed by atoms with Crippen molar-refractivity contribution in [3.05, 3.63) is 0 Å². The summed E-state index contributed by atoms with van der Waals surface area (Å²) in [5.41, 5.74) is -1.10. The highest BCUT2D eigenvalue weighted by atomic mass is 16.4. The molecule has 0 aliphatic heterocycles. The summed E-state index contributed by atoms with van der Waals surface area (Å²) in [5, 5.41) is 14.9. The van der Waals surface area contributed by atoms with Crippen molar-refractivity contribution in [2.24, 2.45) is 5.92 Å². The molecule has 2 fully saturated rings. The summed E-state index contributed by atoms with van der Waals surface area (Å²) in [6.07, 6.45) is 6.75. The summed E-state index contributed by atoms with van der Waals surface area (Å²) in [4.78, 5) is 35.5. The number of carbonyl (C=O) groups excluding carboxylic acids is 2. The second-order valence-corrected chi connectivity index (χ2v) is 6.74. The maximum absolute atomic E-state index is 12.1. The zero-order chi connectivity index (χ0) is 16.2. The van der Waals surface area contributed by atoms with Gasteiger partial charge in [-0.15, -0.1) is 0 Å². The van der Waals surface area contributed by atoms with Gasteiger partial charge in [-0.25, -0.2) is 4.79 Å². The lowest BCUT2D eigenvalue weighted by Crippen LogP contribution is -2.53. The number of nitrogens with one attached hydrogen (secondary N) is 2. The molecule has 0 heterocycles. The fourth-order valence-electron chi connectivity index (χ4n) is 3.57. The van der Waals surface area contributed by atoms with E-state index in [0.29, 0.717) is 12.8 Å². The number of aliphatic carboxylic acids is 1. The van der Waals surface area contributed by atoms with Gasteiger partial charge in [-0.1, -0.05) is 25.7 Å². The molecule has 2 rings (SSSR count). The summed E-state index contributed by atoms with van der Waals surface area (Å²) in [7, 11) is 0. The van der Waals surface area contributed by atoms with Gasteiger partial charge in [-0.2, -0.15) is 0 Å². The van der Waals surface area contributed by atoms with E-state index in [2.05, 4.69) is 10.6 Å². The van der Waals surface area contributed by atoms with Gasteiger partial charge in [-0.3, -0.25) is 9.59 Å². The lowest BCUT2D eigenvalue weighted by molar-refractivity contribution is -0.147. The van der Waals surface area contributed by atoms with Crippen molar-refractivity contribution in [3.8, 4) is 0 Å². The second kappa shape index (κ2) is 7.11. The lowest BCUT2D eigenvalue weighted by atomic mass is 9.97. The van der Waals surface area contributed by atoms with Gasteiger partial charge >= 0.3 is 5.97 Å². The van der Waals surface area contributed by atoms with E-state index in [0.717, 1.165) is 38.5 Å². The number of carboxylic acids is 1. The van der Waals surface area contributed by atoms with E-state index < -0.39 is 11.5 Å². The Kier molecular flexibility index (Phi) is 5.42. The van der Waals surface area contributed by atoms with E-state index in [4.69, 9.17) is 0 Å². The van der Waals surface area contributed by atoms with Crippen molar-refractivity contribution in [1.29, 1.82) is 0 Å². The molecular formula is C16H26N2O4. The Bertz CT molecular complexity index is 437. The van der Waals surface area contributed by atoms with Gasteiger partial charge in [0.2, 0.25) is 11.8 Å². The zero-order valence-corrected chi connectivity index (χ0v) is 13.2. The normalized spacial score (nSPS) is 22.2. The van der Waals surface area contributed by atoms with Gasteiger partial charge in [0.05, 0.1) is 0 Å². The van der Waals surface area contributed by atoms with Gasteiger partial charge in [0.15, 0.2) is 0 Å². The number of hydrogen-bond acceptors (Lipinski definition) is 3. The first-order valence-electron chi connectivity index (χ1n) is 8.28. The number of rotatable bonds is 6. The molecule has 22 heavy (non-hydrogen) atoms. The standard InChI is InChI=1S/C16H26N2O4/c1-11(17-14(20)12-6-2-3-7-12)10-13(19)18-16(15(21)22)8-4-5-9-16/h11-12H,2-10H2,1H3,(H,17,20)(H,18,19)(H,21,22). The highest BCUT2D eigenvalue weighted by Gasteiger charge is 2.42. The van der Waals surface area contributed by atoms with E-state index in [9.17, 15) is 19.5 Å². The van der Waals surface area contributed by atoms with Crippen LogP contribution in [0.1, 0.15) is 64.7 Å². The van der Waals surface area contributed by atoms with E-state index in [-0.39, 0.29) is 30.2 Å². The van der Waals surface area contributed by atoms with Crippen LogP contribution < -0.4 is 10.6 Å². The maximum atomic E-state index is 12.1. The third-order valence-electron chi connectivity index (χ3n) is 4.85. The maximum Gasteiger partial charge on any atom is 0.329 e. The molecule has 1 atom stereocenters. The Balaban J connectivity index is 1.80. The first kappa shape index (κ1) is 16.8. The van der Waals surface area contributed by atoms with Gasteiger partial charge < -0.3 is 15.7 Å². The molecule has 2 aliphatic rings. The van der Waals surface area contributed by atoms with Crippen LogP contribution in [0.25, 0.3) is 0 Å². The molecule has 2 aliphatic carbocycles. The zero-order valence-electron chi connectivity index (χ0n) is 13.2. The Hall–Kier alpha value is -1.59. The minimum absolute atomic E-state index is 0.0200. The molecule has 3 N–H and O–H groups in total. The van der Waals surface area contributed by atoms with Gasteiger partial charge in [0.25, 0.3) is 0 Å². The third kappa shape index (κ3) is 3.99. The van der Waals surface area contributed by atoms with Crippen molar-refractivity contribution < 1.29 is 19.5 Å². The molecule has 0 aromatic rings.